The lowest BCUT2D eigenvalue weighted by Gasteiger charge is -2.20. The van der Waals surface area contributed by atoms with Crippen LogP contribution in [0.15, 0.2) is 64.4 Å². The van der Waals surface area contributed by atoms with Crippen molar-refractivity contribution < 1.29 is 13.2 Å². The molecule has 1 aliphatic heterocycles. The molecule has 0 unspecified atom stereocenters. The Morgan fingerprint density at radius 3 is 2.39 bits per heavy atom. The molecule has 192 valence electrons. The second-order valence-corrected chi connectivity index (χ2v) is 11.5. The maximum absolute atomic E-state index is 13.4. The monoisotopic (exact) mass is 509 g/mol. The molecule has 0 radical (unpaired) electrons. The topological polar surface area (TPSA) is 88.5 Å². The summed E-state index contributed by atoms with van der Waals surface area (Å²) < 4.78 is 30.0. The van der Waals surface area contributed by atoms with Crippen molar-refractivity contribution in [3.8, 4) is 0 Å². The zero-order valence-electron chi connectivity index (χ0n) is 21.1. The summed E-state index contributed by atoms with van der Waals surface area (Å²) in [4.78, 5) is 26.6. The highest BCUT2D eigenvalue weighted by Crippen LogP contribution is 2.23. The highest BCUT2D eigenvalue weighted by Gasteiger charge is 2.26. The van der Waals surface area contributed by atoms with E-state index in [-0.39, 0.29) is 21.9 Å². The zero-order chi connectivity index (χ0) is 25.7. The van der Waals surface area contributed by atoms with Crippen molar-refractivity contribution in [3.05, 3.63) is 76.1 Å². The molecular formula is C28H35N3O4S. The van der Waals surface area contributed by atoms with Gasteiger partial charge in [0.1, 0.15) is 5.56 Å². The van der Waals surface area contributed by atoms with Gasteiger partial charge in [-0.15, -0.1) is 0 Å². The molecular weight excluding hydrogens is 474 g/mol. The molecule has 1 saturated heterocycles. The number of hydrogen-bond acceptors (Lipinski definition) is 4. The van der Waals surface area contributed by atoms with Crippen molar-refractivity contribution in [1.82, 2.24) is 14.2 Å². The van der Waals surface area contributed by atoms with Gasteiger partial charge in [0.15, 0.2) is 0 Å². The van der Waals surface area contributed by atoms with Crippen LogP contribution >= 0.6 is 0 Å². The maximum atomic E-state index is 13.4. The SMILES string of the molecule is CCn1cc(C(=O)N[C@H](C)CCc2ccccc2)c(=O)c2cc(S(=O)(=O)N3CCCCCC3)ccc21. The van der Waals surface area contributed by atoms with Gasteiger partial charge in [-0.1, -0.05) is 43.2 Å². The van der Waals surface area contributed by atoms with Gasteiger partial charge in [0.25, 0.3) is 5.91 Å². The summed E-state index contributed by atoms with van der Waals surface area (Å²) in [6.07, 6.45) is 6.85. The van der Waals surface area contributed by atoms with Crippen LogP contribution in [0.3, 0.4) is 0 Å². The number of aromatic nitrogens is 1. The number of benzene rings is 2. The first-order valence-electron chi connectivity index (χ1n) is 12.8. The number of aryl methyl sites for hydroxylation is 2. The van der Waals surface area contributed by atoms with Gasteiger partial charge in [0, 0.05) is 37.3 Å². The van der Waals surface area contributed by atoms with E-state index in [1.807, 2.05) is 36.6 Å². The van der Waals surface area contributed by atoms with Gasteiger partial charge in [-0.25, -0.2) is 8.42 Å². The van der Waals surface area contributed by atoms with Crippen LogP contribution in [-0.4, -0.2) is 42.3 Å². The Morgan fingerprint density at radius 1 is 1.03 bits per heavy atom. The maximum Gasteiger partial charge on any atom is 0.256 e. The minimum absolute atomic E-state index is 0.0280. The number of sulfonamides is 1. The molecule has 4 rings (SSSR count). The van der Waals surface area contributed by atoms with E-state index >= 15 is 0 Å². The minimum atomic E-state index is -3.71. The van der Waals surface area contributed by atoms with Crippen molar-refractivity contribution >= 4 is 26.8 Å². The summed E-state index contributed by atoms with van der Waals surface area (Å²) in [5.41, 5.74) is 1.39. The van der Waals surface area contributed by atoms with Gasteiger partial charge in [-0.05, 0) is 63.3 Å². The molecule has 3 aromatic rings. The Hall–Kier alpha value is -2.97. The minimum Gasteiger partial charge on any atom is -0.349 e. The number of rotatable bonds is 8. The van der Waals surface area contributed by atoms with E-state index in [2.05, 4.69) is 17.4 Å². The molecule has 0 aliphatic carbocycles. The molecule has 8 heteroatoms. The van der Waals surface area contributed by atoms with Crippen molar-refractivity contribution in [3.63, 3.8) is 0 Å². The van der Waals surface area contributed by atoms with E-state index in [9.17, 15) is 18.0 Å². The van der Waals surface area contributed by atoms with Crippen LogP contribution in [0.5, 0.6) is 0 Å². The fourth-order valence-corrected chi connectivity index (χ4v) is 6.34. The smallest absolute Gasteiger partial charge is 0.256 e. The highest BCUT2D eigenvalue weighted by molar-refractivity contribution is 7.89. The summed E-state index contributed by atoms with van der Waals surface area (Å²) in [6.45, 7) is 5.37. The number of pyridine rings is 1. The second-order valence-electron chi connectivity index (χ2n) is 9.55. The Labute approximate surface area is 213 Å². The van der Waals surface area contributed by atoms with Gasteiger partial charge in [0.2, 0.25) is 15.5 Å². The first-order valence-corrected chi connectivity index (χ1v) is 14.3. The van der Waals surface area contributed by atoms with Crippen molar-refractivity contribution in [2.45, 2.75) is 69.9 Å². The molecule has 0 bridgehead atoms. The van der Waals surface area contributed by atoms with Gasteiger partial charge in [0.05, 0.1) is 10.4 Å². The first kappa shape index (κ1) is 26.1. The average molecular weight is 510 g/mol. The van der Waals surface area contributed by atoms with Crippen LogP contribution in [0.4, 0.5) is 0 Å². The summed E-state index contributed by atoms with van der Waals surface area (Å²) in [6, 6.07) is 14.6. The van der Waals surface area contributed by atoms with Crippen LogP contribution in [-0.2, 0) is 23.0 Å². The number of nitrogens with one attached hydrogen (secondary N) is 1. The molecule has 36 heavy (non-hydrogen) atoms. The van der Waals surface area contributed by atoms with Crippen LogP contribution in [0.25, 0.3) is 10.9 Å². The van der Waals surface area contributed by atoms with Crippen molar-refractivity contribution in [1.29, 1.82) is 0 Å². The number of carbonyl (C=O) groups excluding carboxylic acids is 1. The Morgan fingerprint density at radius 2 is 1.72 bits per heavy atom. The van der Waals surface area contributed by atoms with Gasteiger partial charge in [-0.2, -0.15) is 4.31 Å². The van der Waals surface area contributed by atoms with Gasteiger partial charge >= 0.3 is 0 Å². The number of fused-ring (bicyclic) bond motifs is 1. The number of carbonyl (C=O) groups is 1. The summed E-state index contributed by atoms with van der Waals surface area (Å²) in [7, 11) is -3.71. The summed E-state index contributed by atoms with van der Waals surface area (Å²) in [5, 5.41) is 3.20. The molecule has 2 heterocycles. The van der Waals surface area contributed by atoms with Crippen LogP contribution < -0.4 is 10.7 Å². The molecule has 1 aromatic heterocycles. The quantitative estimate of drug-likeness (QED) is 0.489. The number of hydrogen-bond donors (Lipinski definition) is 1. The molecule has 0 spiro atoms. The molecule has 1 aliphatic rings. The van der Waals surface area contributed by atoms with E-state index < -0.39 is 21.4 Å². The predicted molar refractivity (Wildman–Crippen MR) is 143 cm³/mol. The Bertz CT molecular complexity index is 1380. The number of nitrogens with zero attached hydrogens (tertiary/aromatic N) is 2. The van der Waals surface area contributed by atoms with Crippen LogP contribution in [0, 0.1) is 0 Å². The average Bonchev–Trinajstić information content (AvgIpc) is 3.18. The zero-order valence-corrected chi connectivity index (χ0v) is 21.9. The van der Waals surface area contributed by atoms with E-state index in [1.165, 1.54) is 15.9 Å². The van der Waals surface area contributed by atoms with E-state index in [0.717, 1.165) is 38.5 Å². The molecule has 1 amide bonds. The van der Waals surface area contributed by atoms with Crippen LogP contribution in [0.2, 0.25) is 0 Å². The third-order valence-corrected chi connectivity index (χ3v) is 8.82. The van der Waals surface area contributed by atoms with Crippen molar-refractivity contribution in [2.75, 3.05) is 13.1 Å². The Kier molecular flexibility index (Phi) is 8.26. The third kappa shape index (κ3) is 5.71. The molecule has 2 aromatic carbocycles. The lowest BCUT2D eigenvalue weighted by atomic mass is 10.1. The lowest BCUT2D eigenvalue weighted by molar-refractivity contribution is 0.0937. The molecule has 1 fully saturated rings. The predicted octanol–water partition coefficient (Wildman–Crippen LogP) is 4.34. The highest BCUT2D eigenvalue weighted by atomic mass is 32.2. The molecule has 7 nitrogen and oxygen atoms in total. The van der Waals surface area contributed by atoms with Crippen molar-refractivity contribution in [2.24, 2.45) is 0 Å². The standard InChI is InChI=1S/C28H35N3O4S/c1-3-30-20-25(28(33)29-21(2)13-14-22-11-7-6-8-12-22)27(32)24-19-23(15-16-26(24)30)36(34,35)31-17-9-4-5-10-18-31/h6-8,11-12,15-16,19-21H,3-5,9-10,13-14,17-18H2,1-2H3,(H,29,33)/t21-/m1/s1. The Balaban J connectivity index is 1.62. The van der Waals surface area contributed by atoms with Crippen LogP contribution in [0.1, 0.15) is 61.9 Å². The normalized spacial score (nSPS) is 15.9. The summed E-state index contributed by atoms with van der Waals surface area (Å²) >= 11 is 0. The number of amides is 1. The fraction of sp³-hybridized carbons (Fsp3) is 0.429. The molecule has 1 N–H and O–H groups in total. The van der Waals surface area contributed by atoms with E-state index in [1.54, 1.807) is 18.3 Å². The fourth-order valence-electron chi connectivity index (χ4n) is 4.79. The summed E-state index contributed by atoms with van der Waals surface area (Å²) in [5.74, 6) is -0.439. The molecule has 1 atom stereocenters. The third-order valence-electron chi connectivity index (χ3n) is 6.93. The lowest BCUT2D eigenvalue weighted by Crippen LogP contribution is -2.36. The van der Waals surface area contributed by atoms with Gasteiger partial charge < -0.3 is 9.88 Å². The molecule has 0 saturated carbocycles. The second kappa shape index (κ2) is 11.4. The largest absolute Gasteiger partial charge is 0.349 e. The van der Waals surface area contributed by atoms with Gasteiger partial charge in [-0.3, -0.25) is 9.59 Å². The first-order chi connectivity index (χ1) is 17.3. The van der Waals surface area contributed by atoms with E-state index in [4.69, 9.17) is 0 Å². The van der Waals surface area contributed by atoms with E-state index in [0.29, 0.717) is 25.2 Å².